The Bertz CT molecular complexity index is 403. The molecule has 0 saturated heterocycles. The Labute approximate surface area is 108 Å². The Hall–Kier alpha value is -1.17. The molecule has 0 amide bonds. The molecule has 0 fully saturated rings. The van der Waals surface area contributed by atoms with Gasteiger partial charge in [-0.1, -0.05) is 6.07 Å². The molecule has 1 rings (SSSR count). The summed E-state index contributed by atoms with van der Waals surface area (Å²) in [5.41, 5.74) is 0.295. The second kappa shape index (κ2) is 6.84. The van der Waals surface area contributed by atoms with Crippen molar-refractivity contribution in [2.24, 2.45) is 0 Å². The first-order chi connectivity index (χ1) is 8.78. The molecule has 0 spiro atoms. The normalized spacial score (nSPS) is 13.6. The summed E-state index contributed by atoms with van der Waals surface area (Å²) < 4.78 is 61.8. The van der Waals surface area contributed by atoms with Gasteiger partial charge in [0.25, 0.3) is 0 Å². The molecular weight excluding hydrogens is 265 g/mol. The van der Waals surface area contributed by atoms with Crippen LogP contribution >= 0.6 is 0 Å². The molecule has 1 aromatic rings. The molecule has 1 unspecified atom stereocenters. The highest BCUT2D eigenvalue weighted by Crippen LogP contribution is 2.22. The Morgan fingerprint density at radius 1 is 1.21 bits per heavy atom. The maximum atomic E-state index is 13.3. The zero-order valence-electron chi connectivity index (χ0n) is 10.5. The molecule has 0 aromatic heterocycles. The van der Waals surface area contributed by atoms with Crippen molar-refractivity contribution in [1.29, 1.82) is 0 Å². The molecule has 0 bridgehead atoms. The van der Waals surface area contributed by atoms with Crippen LogP contribution in [0, 0.1) is 11.6 Å². The maximum absolute atomic E-state index is 13.3. The van der Waals surface area contributed by atoms with Crippen molar-refractivity contribution in [3.05, 3.63) is 35.4 Å². The average molecular weight is 281 g/mol. The Balaban J connectivity index is 2.32. The zero-order chi connectivity index (χ0) is 14.5. The van der Waals surface area contributed by atoms with Gasteiger partial charge in [-0.25, -0.2) is 8.78 Å². The highest BCUT2D eigenvalue weighted by molar-refractivity contribution is 5.18. The first-order valence-corrected chi connectivity index (χ1v) is 6.02. The second-order valence-corrected chi connectivity index (χ2v) is 4.53. The van der Waals surface area contributed by atoms with E-state index in [9.17, 15) is 22.0 Å². The van der Waals surface area contributed by atoms with E-state index in [1.165, 1.54) is 6.07 Å². The molecule has 0 radical (unpaired) electrons. The van der Waals surface area contributed by atoms with E-state index in [4.69, 9.17) is 0 Å². The van der Waals surface area contributed by atoms with Gasteiger partial charge in [0.05, 0.1) is 0 Å². The van der Waals surface area contributed by atoms with Gasteiger partial charge in [0.1, 0.15) is 11.6 Å². The monoisotopic (exact) mass is 281 g/mol. The number of benzene rings is 1. The van der Waals surface area contributed by atoms with Crippen molar-refractivity contribution in [2.75, 3.05) is 0 Å². The van der Waals surface area contributed by atoms with Crippen LogP contribution in [0.15, 0.2) is 18.2 Å². The van der Waals surface area contributed by atoms with E-state index in [2.05, 4.69) is 5.32 Å². The number of halogens is 5. The van der Waals surface area contributed by atoms with Gasteiger partial charge in [-0.2, -0.15) is 13.2 Å². The summed E-state index contributed by atoms with van der Waals surface area (Å²) in [5, 5.41) is 2.92. The Morgan fingerprint density at radius 3 is 2.47 bits per heavy atom. The lowest BCUT2D eigenvalue weighted by Gasteiger charge is -2.14. The largest absolute Gasteiger partial charge is 0.389 e. The number of nitrogens with one attached hydrogen (secondary N) is 1. The predicted octanol–water partition coefficient (Wildman–Crippen LogP) is 4.18. The fraction of sp³-hybridized carbons (Fsp3) is 0.538. The van der Waals surface area contributed by atoms with Crippen molar-refractivity contribution in [1.82, 2.24) is 5.32 Å². The molecule has 1 nitrogen and oxygen atoms in total. The quantitative estimate of drug-likeness (QED) is 0.771. The molecule has 0 aliphatic carbocycles. The van der Waals surface area contributed by atoms with Crippen LogP contribution in [-0.4, -0.2) is 12.2 Å². The smallest absolute Gasteiger partial charge is 0.310 e. The van der Waals surface area contributed by atoms with E-state index >= 15 is 0 Å². The van der Waals surface area contributed by atoms with Gasteiger partial charge in [-0.15, -0.1) is 0 Å². The molecule has 6 heteroatoms. The fourth-order valence-corrected chi connectivity index (χ4v) is 1.66. The number of hydrogen-bond acceptors (Lipinski definition) is 1. The van der Waals surface area contributed by atoms with Crippen molar-refractivity contribution >= 4 is 0 Å². The third kappa shape index (κ3) is 6.52. The van der Waals surface area contributed by atoms with Crippen LogP contribution in [0.3, 0.4) is 0 Å². The Morgan fingerprint density at radius 2 is 1.89 bits per heavy atom. The van der Waals surface area contributed by atoms with Crippen molar-refractivity contribution in [2.45, 2.75) is 44.9 Å². The number of rotatable bonds is 6. The van der Waals surface area contributed by atoms with E-state index in [1.807, 2.05) is 0 Å². The number of hydrogen-bond donors (Lipinski definition) is 1. The first-order valence-electron chi connectivity index (χ1n) is 6.02. The lowest BCUT2D eigenvalue weighted by molar-refractivity contribution is -0.135. The van der Waals surface area contributed by atoms with Gasteiger partial charge in [0.15, 0.2) is 0 Å². The highest BCUT2D eigenvalue weighted by Gasteiger charge is 2.26. The minimum Gasteiger partial charge on any atom is -0.310 e. The van der Waals surface area contributed by atoms with Crippen LogP contribution in [0.4, 0.5) is 22.0 Å². The van der Waals surface area contributed by atoms with Gasteiger partial charge in [0, 0.05) is 30.6 Å². The van der Waals surface area contributed by atoms with Crippen LogP contribution in [-0.2, 0) is 6.54 Å². The van der Waals surface area contributed by atoms with Crippen LogP contribution in [0.25, 0.3) is 0 Å². The van der Waals surface area contributed by atoms with E-state index in [1.54, 1.807) is 6.92 Å². The van der Waals surface area contributed by atoms with E-state index in [-0.39, 0.29) is 19.0 Å². The molecule has 0 aliphatic rings. The standard InChI is InChI=1S/C13H16F5N/c1-9(3-2-6-13(16,17)18)19-8-10-4-5-11(14)7-12(10)15/h4-5,7,9,19H,2-3,6,8H2,1H3. The van der Waals surface area contributed by atoms with Crippen LogP contribution in [0.2, 0.25) is 0 Å². The molecule has 1 N–H and O–H groups in total. The summed E-state index contributed by atoms with van der Waals surface area (Å²) >= 11 is 0. The fourth-order valence-electron chi connectivity index (χ4n) is 1.66. The average Bonchev–Trinajstić information content (AvgIpc) is 2.26. The van der Waals surface area contributed by atoms with E-state index in [0.29, 0.717) is 12.0 Å². The van der Waals surface area contributed by atoms with Gasteiger partial charge < -0.3 is 5.32 Å². The molecule has 0 heterocycles. The predicted molar refractivity (Wildman–Crippen MR) is 62.6 cm³/mol. The van der Waals surface area contributed by atoms with Gasteiger partial charge in [-0.05, 0) is 25.8 Å². The zero-order valence-corrected chi connectivity index (χ0v) is 10.5. The van der Waals surface area contributed by atoms with Gasteiger partial charge in [-0.3, -0.25) is 0 Å². The molecule has 1 atom stereocenters. The van der Waals surface area contributed by atoms with Gasteiger partial charge in [0.2, 0.25) is 0 Å². The first kappa shape index (κ1) is 15.9. The summed E-state index contributed by atoms with van der Waals surface area (Å²) in [6.07, 6.45) is -4.57. The molecule has 19 heavy (non-hydrogen) atoms. The summed E-state index contributed by atoms with van der Waals surface area (Å²) in [4.78, 5) is 0. The highest BCUT2D eigenvalue weighted by atomic mass is 19.4. The number of alkyl halides is 3. The minimum absolute atomic E-state index is 0.0313. The minimum atomic E-state index is -4.14. The second-order valence-electron chi connectivity index (χ2n) is 4.53. The van der Waals surface area contributed by atoms with E-state index < -0.39 is 24.2 Å². The van der Waals surface area contributed by atoms with Crippen LogP contribution < -0.4 is 5.32 Å². The van der Waals surface area contributed by atoms with Crippen LogP contribution in [0.1, 0.15) is 31.7 Å². The molecule has 108 valence electrons. The lowest BCUT2D eigenvalue weighted by Crippen LogP contribution is -2.26. The molecule has 0 saturated carbocycles. The van der Waals surface area contributed by atoms with Crippen molar-refractivity contribution < 1.29 is 22.0 Å². The lowest BCUT2D eigenvalue weighted by atomic mass is 10.1. The van der Waals surface area contributed by atoms with Crippen molar-refractivity contribution in [3.63, 3.8) is 0 Å². The summed E-state index contributed by atoms with van der Waals surface area (Å²) in [6.45, 7) is 1.90. The third-order valence-corrected chi connectivity index (χ3v) is 2.75. The van der Waals surface area contributed by atoms with Crippen molar-refractivity contribution in [3.8, 4) is 0 Å². The Kier molecular flexibility index (Phi) is 5.72. The van der Waals surface area contributed by atoms with E-state index in [0.717, 1.165) is 12.1 Å². The molecular formula is C13H16F5N. The molecule has 1 aromatic carbocycles. The topological polar surface area (TPSA) is 12.0 Å². The van der Waals surface area contributed by atoms with Crippen LogP contribution in [0.5, 0.6) is 0 Å². The maximum Gasteiger partial charge on any atom is 0.389 e. The third-order valence-electron chi connectivity index (χ3n) is 2.75. The van der Waals surface area contributed by atoms with Gasteiger partial charge >= 0.3 is 6.18 Å². The summed E-state index contributed by atoms with van der Waals surface area (Å²) in [5.74, 6) is -1.31. The SMILES string of the molecule is CC(CCCC(F)(F)F)NCc1ccc(F)cc1F. The molecule has 0 aliphatic heterocycles. The summed E-state index contributed by atoms with van der Waals surface area (Å²) in [6, 6.07) is 3.09. The summed E-state index contributed by atoms with van der Waals surface area (Å²) in [7, 11) is 0.